The molecule has 2 atom stereocenters. The highest BCUT2D eigenvalue weighted by Gasteiger charge is 2.59. The van der Waals surface area contributed by atoms with Crippen LogP contribution in [0.25, 0.3) is 0 Å². The molecule has 1 saturated heterocycles. The van der Waals surface area contributed by atoms with Crippen LogP contribution < -0.4 is 0 Å². The summed E-state index contributed by atoms with van der Waals surface area (Å²) in [6, 6.07) is 33.9. The van der Waals surface area contributed by atoms with E-state index in [1.54, 1.807) is 0 Å². The predicted octanol–water partition coefficient (Wildman–Crippen LogP) is 5.55. The fraction of sp³-hybridized carbons (Fsp3) is 0.296. The maximum atomic E-state index is 10.9. The van der Waals surface area contributed by atoms with Gasteiger partial charge in [0.2, 0.25) is 0 Å². The van der Waals surface area contributed by atoms with Gasteiger partial charge in [-0.25, -0.2) is 0 Å². The van der Waals surface area contributed by atoms with E-state index in [9.17, 15) is 5.26 Å². The zero-order valence-electron chi connectivity index (χ0n) is 16.9. The Kier molecular flexibility index (Phi) is 4.90. The Morgan fingerprint density at radius 1 is 0.667 bits per heavy atom. The molecule has 30 heavy (non-hydrogen) atoms. The molecule has 1 spiro atoms. The van der Waals surface area contributed by atoms with Gasteiger partial charge in [0.05, 0.1) is 24.7 Å². The zero-order valence-corrected chi connectivity index (χ0v) is 16.9. The zero-order chi connectivity index (χ0) is 20.4. The minimum absolute atomic E-state index is 0.0526. The topological polar surface area (TPSA) is 42.2 Å². The molecule has 0 amide bonds. The maximum absolute atomic E-state index is 10.9. The molecule has 3 heteroatoms. The maximum Gasteiger partial charge on any atom is 0.169 e. The Hall–Kier alpha value is -2.93. The van der Waals surface area contributed by atoms with Gasteiger partial charge in [0.25, 0.3) is 0 Å². The van der Waals surface area contributed by atoms with Crippen LogP contribution >= 0.6 is 0 Å². The monoisotopic (exact) mass is 395 g/mol. The van der Waals surface area contributed by atoms with E-state index in [1.165, 1.54) is 0 Å². The largest absolute Gasteiger partial charge is 0.347 e. The van der Waals surface area contributed by atoms with E-state index in [0.717, 1.165) is 16.7 Å². The fourth-order valence-corrected chi connectivity index (χ4v) is 5.47. The molecular formula is C27H25NO2. The SMILES string of the molecule is N#CC1(c2ccccc2)[C@@H](c2ccccc2)CC2(C[C@@H]1c1ccccc1)OCCO2. The van der Waals surface area contributed by atoms with Crippen LogP contribution in [0, 0.1) is 11.3 Å². The second-order valence-corrected chi connectivity index (χ2v) is 8.29. The molecule has 0 N–H and O–H groups in total. The third kappa shape index (κ3) is 3.04. The van der Waals surface area contributed by atoms with Gasteiger partial charge in [-0.3, -0.25) is 0 Å². The smallest absolute Gasteiger partial charge is 0.169 e. The van der Waals surface area contributed by atoms with E-state index in [0.29, 0.717) is 26.1 Å². The molecule has 2 fully saturated rings. The van der Waals surface area contributed by atoms with Crippen LogP contribution in [0.2, 0.25) is 0 Å². The summed E-state index contributed by atoms with van der Waals surface area (Å²) < 4.78 is 12.5. The van der Waals surface area contributed by atoms with Crippen molar-refractivity contribution in [3.05, 3.63) is 108 Å². The first-order valence-electron chi connectivity index (χ1n) is 10.6. The first-order chi connectivity index (χ1) is 14.8. The van der Waals surface area contributed by atoms with Crippen molar-refractivity contribution in [2.45, 2.75) is 35.9 Å². The van der Waals surface area contributed by atoms with Crippen LogP contribution in [0.1, 0.15) is 41.4 Å². The molecule has 1 saturated carbocycles. The molecule has 0 aromatic heterocycles. The highest BCUT2D eigenvalue weighted by molar-refractivity contribution is 5.47. The lowest BCUT2D eigenvalue weighted by Crippen LogP contribution is -2.51. The van der Waals surface area contributed by atoms with Gasteiger partial charge >= 0.3 is 0 Å². The van der Waals surface area contributed by atoms with Crippen molar-refractivity contribution in [1.29, 1.82) is 5.26 Å². The number of ether oxygens (including phenoxy) is 2. The summed E-state index contributed by atoms with van der Waals surface area (Å²) in [6.07, 6.45) is 1.34. The summed E-state index contributed by atoms with van der Waals surface area (Å²) in [5.41, 5.74) is 2.65. The number of nitriles is 1. The molecule has 1 heterocycles. The van der Waals surface area contributed by atoms with Crippen molar-refractivity contribution >= 4 is 0 Å². The lowest BCUT2D eigenvalue weighted by Gasteiger charge is -2.51. The Morgan fingerprint density at radius 2 is 1.10 bits per heavy atom. The average molecular weight is 396 g/mol. The quantitative estimate of drug-likeness (QED) is 0.584. The first kappa shape index (κ1) is 19.1. The van der Waals surface area contributed by atoms with Gasteiger partial charge in [-0.05, 0) is 16.7 Å². The van der Waals surface area contributed by atoms with E-state index in [4.69, 9.17) is 9.47 Å². The molecule has 1 aliphatic carbocycles. The van der Waals surface area contributed by atoms with Gasteiger partial charge in [-0.2, -0.15) is 5.26 Å². The van der Waals surface area contributed by atoms with Crippen LogP contribution in [0.3, 0.4) is 0 Å². The summed E-state index contributed by atoms with van der Waals surface area (Å²) in [5.74, 6) is -0.748. The highest BCUT2D eigenvalue weighted by Crippen LogP contribution is 2.60. The minimum atomic E-state index is -0.718. The molecular weight excluding hydrogens is 370 g/mol. The highest BCUT2D eigenvalue weighted by atomic mass is 16.7. The van der Waals surface area contributed by atoms with Crippen molar-refractivity contribution in [2.75, 3.05) is 13.2 Å². The number of hydrogen-bond donors (Lipinski definition) is 0. The van der Waals surface area contributed by atoms with E-state index in [2.05, 4.69) is 66.7 Å². The first-order valence-corrected chi connectivity index (χ1v) is 10.6. The molecule has 2 aliphatic rings. The van der Waals surface area contributed by atoms with Gasteiger partial charge in [-0.15, -0.1) is 0 Å². The van der Waals surface area contributed by atoms with Gasteiger partial charge < -0.3 is 9.47 Å². The normalized spacial score (nSPS) is 27.6. The second kappa shape index (κ2) is 7.72. The van der Waals surface area contributed by atoms with Crippen molar-refractivity contribution in [2.24, 2.45) is 0 Å². The van der Waals surface area contributed by atoms with E-state index in [1.807, 2.05) is 30.3 Å². The molecule has 0 bridgehead atoms. The second-order valence-electron chi connectivity index (χ2n) is 8.29. The lowest BCUT2D eigenvalue weighted by atomic mass is 9.53. The van der Waals surface area contributed by atoms with Gasteiger partial charge in [0.15, 0.2) is 5.79 Å². The fourth-order valence-electron chi connectivity index (χ4n) is 5.47. The Balaban J connectivity index is 1.76. The van der Waals surface area contributed by atoms with Crippen LogP contribution in [-0.4, -0.2) is 19.0 Å². The van der Waals surface area contributed by atoms with Crippen LogP contribution in [-0.2, 0) is 14.9 Å². The van der Waals surface area contributed by atoms with Crippen molar-refractivity contribution in [3.8, 4) is 6.07 Å². The number of hydrogen-bond acceptors (Lipinski definition) is 3. The Morgan fingerprint density at radius 3 is 1.53 bits per heavy atom. The number of benzene rings is 3. The summed E-state index contributed by atoms with van der Waals surface area (Å²) >= 11 is 0. The van der Waals surface area contributed by atoms with Crippen molar-refractivity contribution < 1.29 is 9.47 Å². The standard InChI is InChI=1S/C27H25NO2/c28-20-27(23-14-8-3-9-15-23)24(21-10-4-1-5-11-21)18-26(29-16-17-30-26)19-25(27)22-12-6-2-7-13-22/h1-15,24-25H,16-19H2/t24-,25-/m1/s1. The van der Waals surface area contributed by atoms with Crippen LogP contribution in [0.4, 0.5) is 0 Å². The third-order valence-corrected chi connectivity index (χ3v) is 6.78. The summed E-state index contributed by atoms with van der Waals surface area (Å²) in [6.45, 7) is 1.21. The van der Waals surface area contributed by atoms with Crippen molar-refractivity contribution in [3.63, 3.8) is 0 Å². The summed E-state index contributed by atoms with van der Waals surface area (Å²) in [5, 5.41) is 10.9. The van der Waals surface area contributed by atoms with Gasteiger partial charge in [-0.1, -0.05) is 91.0 Å². The molecule has 3 aromatic carbocycles. The van der Waals surface area contributed by atoms with E-state index >= 15 is 0 Å². The van der Waals surface area contributed by atoms with E-state index in [-0.39, 0.29) is 11.8 Å². The number of rotatable bonds is 3. The predicted molar refractivity (Wildman–Crippen MR) is 116 cm³/mol. The molecule has 0 radical (unpaired) electrons. The molecule has 1 aliphatic heterocycles. The summed E-state index contributed by atoms with van der Waals surface area (Å²) in [7, 11) is 0. The van der Waals surface area contributed by atoms with E-state index < -0.39 is 11.2 Å². The molecule has 150 valence electrons. The molecule has 0 unspecified atom stereocenters. The van der Waals surface area contributed by atoms with Crippen LogP contribution in [0.5, 0.6) is 0 Å². The van der Waals surface area contributed by atoms with Crippen LogP contribution in [0.15, 0.2) is 91.0 Å². The molecule has 3 aromatic rings. The Labute approximate surface area is 177 Å². The minimum Gasteiger partial charge on any atom is -0.347 e. The average Bonchev–Trinajstić information content (AvgIpc) is 3.28. The van der Waals surface area contributed by atoms with Crippen molar-refractivity contribution in [1.82, 2.24) is 0 Å². The Bertz CT molecular complexity index is 969. The molecule has 5 rings (SSSR count). The van der Waals surface area contributed by atoms with Gasteiger partial charge in [0.1, 0.15) is 0 Å². The number of nitrogens with zero attached hydrogens (tertiary/aromatic N) is 1. The summed E-state index contributed by atoms with van der Waals surface area (Å²) in [4.78, 5) is 0. The lowest BCUT2D eigenvalue weighted by molar-refractivity contribution is -0.192. The third-order valence-electron chi connectivity index (χ3n) is 6.78. The van der Waals surface area contributed by atoms with Gasteiger partial charge in [0, 0.05) is 24.7 Å². The molecule has 3 nitrogen and oxygen atoms in total.